The number of carbonyl (C=O) groups is 1. The van der Waals surface area contributed by atoms with Crippen molar-refractivity contribution in [2.75, 3.05) is 12.4 Å². The lowest BCUT2D eigenvalue weighted by Gasteiger charge is -2.19. The van der Waals surface area contributed by atoms with Crippen LogP contribution in [0.4, 0.5) is 5.69 Å². The molecule has 1 amide bonds. The zero-order chi connectivity index (χ0) is 19.7. The molecule has 5 heteroatoms. The number of hydrogen-bond donors (Lipinski definition) is 1. The molecular formula is C23H19Cl2NO2. The third-order valence-electron chi connectivity index (χ3n) is 5.33. The van der Waals surface area contributed by atoms with Crippen molar-refractivity contribution in [3.05, 3.63) is 94.0 Å². The lowest BCUT2D eigenvalue weighted by atomic mass is 9.85. The number of rotatable bonds is 5. The molecule has 0 bridgehead atoms. The Morgan fingerprint density at radius 1 is 0.964 bits per heavy atom. The van der Waals surface area contributed by atoms with Gasteiger partial charge >= 0.3 is 0 Å². The van der Waals surface area contributed by atoms with Crippen LogP contribution in [-0.4, -0.2) is 13.0 Å². The van der Waals surface area contributed by atoms with Gasteiger partial charge < -0.3 is 10.1 Å². The van der Waals surface area contributed by atoms with E-state index < -0.39 is 0 Å². The first-order valence-electron chi connectivity index (χ1n) is 9.00. The summed E-state index contributed by atoms with van der Waals surface area (Å²) in [5.74, 6) is 0.509. The molecule has 1 aliphatic rings. The molecule has 28 heavy (non-hydrogen) atoms. The van der Waals surface area contributed by atoms with Crippen LogP contribution in [0.2, 0.25) is 10.0 Å². The van der Waals surface area contributed by atoms with Crippen molar-refractivity contribution in [2.45, 2.75) is 11.8 Å². The summed E-state index contributed by atoms with van der Waals surface area (Å²) in [6.45, 7) is 0. The average molecular weight is 412 g/mol. The predicted octanol–water partition coefficient (Wildman–Crippen LogP) is 5.95. The van der Waals surface area contributed by atoms with E-state index in [0.29, 0.717) is 15.8 Å². The maximum Gasteiger partial charge on any atom is 0.228 e. The van der Waals surface area contributed by atoms with Crippen molar-refractivity contribution >= 4 is 34.8 Å². The first-order valence-corrected chi connectivity index (χ1v) is 9.75. The van der Waals surface area contributed by atoms with E-state index in [4.69, 9.17) is 27.9 Å². The topological polar surface area (TPSA) is 38.3 Å². The van der Waals surface area contributed by atoms with E-state index in [-0.39, 0.29) is 17.2 Å². The Labute approximate surface area is 174 Å². The zero-order valence-corrected chi connectivity index (χ0v) is 16.8. The molecule has 3 aromatic carbocycles. The fourth-order valence-corrected chi connectivity index (χ4v) is 4.06. The third-order valence-corrected chi connectivity index (χ3v) is 5.84. The molecule has 0 aliphatic heterocycles. The first-order chi connectivity index (χ1) is 13.5. The average Bonchev–Trinajstić information content (AvgIpc) is 3.46. The van der Waals surface area contributed by atoms with Crippen molar-refractivity contribution in [3.8, 4) is 5.75 Å². The molecule has 3 aromatic rings. The molecule has 1 saturated carbocycles. The van der Waals surface area contributed by atoms with Crippen molar-refractivity contribution < 1.29 is 9.53 Å². The number of amides is 1. The monoisotopic (exact) mass is 411 g/mol. The van der Waals surface area contributed by atoms with Crippen LogP contribution in [0, 0.1) is 5.92 Å². The van der Waals surface area contributed by atoms with E-state index in [1.165, 1.54) is 0 Å². The highest BCUT2D eigenvalue weighted by molar-refractivity contribution is 6.30. The lowest BCUT2D eigenvalue weighted by Crippen LogP contribution is -2.22. The smallest absolute Gasteiger partial charge is 0.228 e. The minimum atomic E-state index is -0.377. The largest absolute Gasteiger partial charge is 0.497 e. The second-order valence-corrected chi connectivity index (χ2v) is 7.84. The molecule has 1 aliphatic carbocycles. The lowest BCUT2D eigenvalue weighted by molar-refractivity contribution is -0.117. The standard InChI is InChI=1S/C23H19Cl2NO2/c1-28-20-4-2-3-19(13-20)26-22(27)21-14-23(21,15-5-9-17(24)10-6-15)16-7-11-18(25)12-8-16/h2-13,21H,14H2,1H3,(H,26,27)/t21-/m1/s1. The normalized spacial score (nSPS) is 17.0. The fraction of sp³-hybridized carbons (Fsp3) is 0.174. The summed E-state index contributed by atoms with van der Waals surface area (Å²) in [7, 11) is 1.61. The van der Waals surface area contributed by atoms with Gasteiger partial charge in [0.15, 0.2) is 0 Å². The number of methoxy groups -OCH3 is 1. The van der Waals surface area contributed by atoms with Gasteiger partial charge in [0.1, 0.15) is 5.75 Å². The van der Waals surface area contributed by atoms with Crippen LogP contribution >= 0.6 is 23.2 Å². The molecule has 1 fully saturated rings. The summed E-state index contributed by atoms with van der Waals surface area (Å²) in [4.78, 5) is 13.1. The van der Waals surface area contributed by atoms with Gasteiger partial charge in [-0.05, 0) is 53.9 Å². The Balaban J connectivity index is 1.65. The maximum atomic E-state index is 13.1. The second-order valence-electron chi connectivity index (χ2n) is 6.96. The Morgan fingerprint density at radius 3 is 2.07 bits per heavy atom. The van der Waals surface area contributed by atoms with Crippen molar-refractivity contribution in [3.63, 3.8) is 0 Å². The van der Waals surface area contributed by atoms with E-state index >= 15 is 0 Å². The van der Waals surface area contributed by atoms with Gasteiger partial charge in [0.05, 0.1) is 13.0 Å². The van der Waals surface area contributed by atoms with Gasteiger partial charge in [-0.15, -0.1) is 0 Å². The predicted molar refractivity (Wildman–Crippen MR) is 113 cm³/mol. The summed E-state index contributed by atoms with van der Waals surface area (Å²) in [5.41, 5.74) is 2.49. The number of benzene rings is 3. The molecule has 0 aromatic heterocycles. The van der Waals surface area contributed by atoms with Gasteiger partial charge in [-0.1, -0.05) is 53.5 Å². The third kappa shape index (κ3) is 3.48. The number of carbonyl (C=O) groups excluding carboxylic acids is 1. The molecule has 0 saturated heterocycles. The van der Waals surface area contributed by atoms with Crippen LogP contribution in [0.5, 0.6) is 5.75 Å². The minimum Gasteiger partial charge on any atom is -0.497 e. The minimum absolute atomic E-state index is 0.0156. The molecule has 1 N–H and O–H groups in total. The van der Waals surface area contributed by atoms with Crippen LogP contribution < -0.4 is 10.1 Å². The quantitative estimate of drug-likeness (QED) is 0.563. The van der Waals surface area contributed by atoms with Gasteiger partial charge in [-0.3, -0.25) is 4.79 Å². The maximum absolute atomic E-state index is 13.1. The number of ether oxygens (including phenoxy) is 1. The second kappa shape index (κ2) is 7.50. The SMILES string of the molecule is COc1cccc(NC(=O)[C@H]2CC2(c2ccc(Cl)cc2)c2ccc(Cl)cc2)c1. The summed E-state index contributed by atoms with van der Waals surface area (Å²) < 4.78 is 5.24. The van der Waals surface area contributed by atoms with E-state index in [0.717, 1.165) is 23.2 Å². The highest BCUT2D eigenvalue weighted by Crippen LogP contribution is 2.59. The molecule has 3 nitrogen and oxygen atoms in total. The summed E-state index contributed by atoms with van der Waals surface area (Å²) in [6, 6.07) is 22.8. The van der Waals surface area contributed by atoms with E-state index in [1.54, 1.807) is 7.11 Å². The van der Waals surface area contributed by atoms with Crippen LogP contribution in [0.3, 0.4) is 0 Å². The molecule has 142 valence electrons. The van der Waals surface area contributed by atoms with Crippen LogP contribution in [0.15, 0.2) is 72.8 Å². The van der Waals surface area contributed by atoms with Gasteiger partial charge in [0.2, 0.25) is 5.91 Å². The Hall–Kier alpha value is -2.49. The van der Waals surface area contributed by atoms with Gasteiger partial charge in [-0.25, -0.2) is 0 Å². The number of nitrogens with one attached hydrogen (secondary N) is 1. The van der Waals surface area contributed by atoms with Crippen LogP contribution in [0.1, 0.15) is 17.5 Å². The summed E-state index contributed by atoms with van der Waals surface area (Å²) in [5, 5.41) is 4.37. The number of hydrogen-bond acceptors (Lipinski definition) is 2. The summed E-state index contributed by atoms with van der Waals surface area (Å²) in [6.07, 6.45) is 0.728. The van der Waals surface area contributed by atoms with Crippen LogP contribution in [-0.2, 0) is 10.2 Å². The van der Waals surface area contributed by atoms with E-state index in [9.17, 15) is 4.79 Å². The first kappa shape index (κ1) is 18.9. The van der Waals surface area contributed by atoms with Crippen molar-refractivity contribution in [1.82, 2.24) is 0 Å². The van der Waals surface area contributed by atoms with Crippen LogP contribution in [0.25, 0.3) is 0 Å². The molecule has 0 radical (unpaired) electrons. The van der Waals surface area contributed by atoms with E-state index in [2.05, 4.69) is 5.32 Å². The highest BCUT2D eigenvalue weighted by Gasteiger charge is 2.60. The van der Waals surface area contributed by atoms with Gasteiger partial charge in [0.25, 0.3) is 0 Å². The number of anilines is 1. The Kier molecular flexibility index (Phi) is 5.05. The Bertz CT molecular complexity index is 954. The fourth-order valence-electron chi connectivity index (χ4n) is 3.81. The molecular weight excluding hydrogens is 393 g/mol. The van der Waals surface area contributed by atoms with Crippen molar-refractivity contribution in [1.29, 1.82) is 0 Å². The molecule has 4 rings (SSSR count). The highest BCUT2D eigenvalue weighted by atomic mass is 35.5. The molecule has 0 unspecified atom stereocenters. The van der Waals surface area contributed by atoms with Gasteiger partial charge in [0, 0.05) is 27.2 Å². The molecule has 0 heterocycles. The molecule has 1 atom stereocenters. The number of halogens is 2. The summed E-state index contributed by atoms with van der Waals surface area (Å²) >= 11 is 12.2. The van der Waals surface area contributed by atoms with Crippen molar-refractivity contribution in [2.24, 2.45) is 5.92 Å². The zero-order valence-electron chi connectivity index (χ0n) is 15.3. The Morgan fingerprint density at radius 2 is 1.54 bits per heavy atom. The van der Waals surface area contributed by atoms with E-state index in [1.807, 2.05) is 72.8 Å². The van der Waals surface area contributed by atoms with Gasteiger partial charge in [-0.2, -0.15) is 0 Å². The molecule has 0 spiro atoms.